The number of carbonyl (C=O) groups is 1. The number of carboxylic acids is 1. The first-order chi connectivity index (χ1) is 9.40. The fraction of sp³-hybridized carbons (Fsp3) is 0.200. The predicted octanol–water partition coefficient (Wildman–Crippen LogP) is 0.915. The van der Waals surface area contributed by atoms with Gasteiger partial charge < -0.3 is 14.1 Å². The van der Waals surface area contributed by atoms with Gasteiger partial charge in [0.1, 0.15) is 4.90 Å². The molecule has 0 aromatic carbocycles. The minimum atomic E-state index is -3.84. The number of nitrogens with zero attached hydrogens (tertiary/aromatic N) is 2. The van der Waals surface area contributed by atoms with Crippen LogP contribution in [0, 0.1) is 0 Å². The molecule has 0 aliphatic carbocycles. The van der Waals surface area contributed by atoms with E-state index in [-0.39, 0.29) is 16.1 Å². The molecule has 0 atom stereocenters. The normalized spacial score (nSPS) is 11.7. The van der Waals surface area contributed by atoms with Crippen LogP contribution in [-0.2, 0) is 16.6 Å². The van der Waals surface area contributed by atoms with Crippen LogP contribution in [0.2, 0.25) is 0 Å². The standard InChI is InChI=1S/C10H10BrN3O5S/c11-9-8(5-7(19-9)10(15)16)20(17,18)13-2-4-14-3-1-12-6-14/h1,3,5-6,13H,2,4H2,(H,15,16). The van der Waals surface area contributed by atoms with Crippen LogP contribution < -0.4 is 4.72 Å². The van der Waals surface area contributed by atoms with Crippen molar-refractivity contribution in [2.24, 2.45) is 0 Å². The zero-order valence-electron chi connectivity index (χ0n) is 9.98. The third kappa shape index (κ3) is 3.26. The van der Waals surface area contributed by atoms with Gasteiger partial charge in [0.15, 0.2) is 4.67 Å². The third-order valence-corrected chi connectivity index (χ3v) is 4.69. The Kier molecular flexibility index (Phi) is 4.26. The van der Waals surface area contributed by atoms with E-state index in [9.17, 15) is 13.2 Å². The van der Waals surface area contributed by atoms with Crippen molar-refractivity contribution in [2.45, 2.75) is 11.4 Å². The van der Waals surface area contributed by atoms with Crippen LogP contribution in [0.25, 0.3) is 0 Å². The Morgan fingerprint density at radius 1 is 1.55 bits per heavy atom. The van der Waals surface area contributed by atoms with Gasteiger partial charge in [-0.3, -0.25) is 0 Å². The number of aromatic carboxylic acids is 1. The lowest BCUT2D eigenvalue weighted by Gasteiger charge is -2.05. The summed E-state index contributed by atoms with van der Waals surface area (Å²) in [4.78, 5) is 14.3. The molecule has 0 unspecified atom stereocenters. The number of hydrogen-bond donors (Lipinski definition) is 2. The molecule has 0 bridgehead atoms. The Hall–Kier alpha value is -1.65. The van der Waals surface area contributed by atoms with Crippen molar-refractivity contribution >= 4 is 31.9 Å². The van der Waals surface area contributed by atoms with Crippen LogP contribution in [-0.4, -0.2) is 35.6 Å². The number of carboxylic acid groups (broad SMARTS) is 1. The molecular weight excluding hydrogens is 354 g/mol. The number of nitrogens with one attached hydrogen (secondary N) is 1. The highest BCUT2D eigenvalue weighted by Gasteiger charge is 2.24. The van der Waals surface area contributed by atoms with Gasteiger partial charge in [-0.15, -0.1) is 0 Å². The van der Waals surface area contributed by atoms with Crippen molar-refractivity contribution in [3.05, 3.63) is 35.2 Å². The highest BCUT2D eigenvalue weighted by molar-refractivity contribution is 9.10. The summed E-state index contributed by atoms with van der Waals surface area (Å²) < 4.78 is 32.7. The predicted molar refractivity (Wildman–Crippen MR) is 70.8 cm³/mol. The number of aromatic nitrogens is 2. The second-order valence-electron chi connectivity index (χ2n) is 3.75. The van der Waals surface area contributed by atoms with E-state index in [2.05, 4.69) is 25.6 Å². The lowest BCUT2D eigenvalue weighted by Crippen LogP contribution is -2.27. The summed E-state index contributed by atoms with van der Waals surface area (Å²) >= 11 is 2.89. The quantitative estimate of drug-likeness (QED) is 0.788. The van der Waals surface area contributed by atoms with Crippen LogP contribution >= 0.6 is 15.9 Å². The third-order valence-electron chi connectivity index (χ3n) is 2.38. The van der Waals surface area contributed by atoms with E-state index in [4.69, 9.17) is 9.52 Å². The zero-order chi connectivity index (χ0) is 14.8. The second kappa shape index (κ2) is 5.77. The molecule has 10 heteroatoms. The van der Waals surface area contributed by atoms with E-state index in [1.165, 1.54) is 0 Å². The van der Waals surface area contributed by atoms with E-state index in [0.717, 1.165) is 6.07 Å². The lowest BCUT2D eigenvalue weighted by molar-refractivity contribution is 0.0661. The average Bonchev–Trinajstić information content (AvgIpc) is 2.98. The maximum absolute atomic E-state index is 12.0. The van der Waals surface area contributed by atoms with Crippen LogP contribution in [0.4, 0.5) is 0 Å². The highest BCUT2D eigenvalue weighted by atomic mass is 79.9. The molecule has 2 aromatic heterocycles. The van der Waals surface area contributed by atoms with E-state index in [1.54, 1.807) is 23.3 Å². The summed E-state index contributed by atoms with van der Waals surface area (Å²) in [5, 5.41) is 8.75. The van der Waals surface area contributed by atoms with Crippen molar-refractivity contribution in [2.75, 3.05) is 6.54 Å². The summed E-state index contributed by atoms with van der Waals surface area (Å²) in [6.45, 7) is 0.541. The fourth-order valence-electron chi connectivity index (χ4n) is 1.45. The molecule has 2 heterocycles. The summed E-state index contributed by atoms with van der Waals surface area (Å²) in [5.41, 5.74) is 0. The Morgan fingerprint density at radius 3 is 2.85 bits per heavy atom. The molecule has 0 fully saturated rings. The van der Waals surface area contributed by atoms with Crippen molar-refractivity contribution in [1.29, 1.82) is 0 Å². The van der Waals surface area contributed by atoms with Gasteiger partial charge in [-0.1, -0.05) is 0 Å². The Bertz CT molecular complexity index is 707. The van der Waals surface area contributed by atoms with Gasteiger partial charge in [0.05, 0.1) is 6.33 Å². The number of sulfonamides is 1. The van der Waals surface area contributed by atoms with Crippen molar-refractivity contribution in [3.8, 4) is 0 Å². The van der Waals surface area contributed by atoms with Crippen molar-refractivity contribution in [1.82, 2.24) is 14.3 Å². The van der Waals surface area contributed by atoms with E-state index in [1.807, 2.05) is 0 Å². The lowest BCUT2D eigenvalue weighted by atomic mass is 10.5. The topological polar surface area (TPSA) is 114 Å². The summed E-state index contributed by atoms with van der Waals surface area (Å²) in [6.07, 6.45) is 4.84. The molecule has 0 radical (unpaired) electrons. The first-order valence-electron chi connectivity index (χ1n) is 5.38. The van der Waals surface area contributed by atoms with Crippen molar-refractivity contribution in [3.63, 3.8) is 0 Å². The number of hydrogen-bond acceptors (Lipinski definition) is 5. The first kappa shape index (κ1) is 14.8. The Balaban J connectivity index is 2.08. The second-order valence-corrected chi connectivity index (χ2v) is 6.21. The maximum Gasteiger partial charge on any atom is 0.371 e. The van der Waals surface area contributed by atoms with Crippen LogP contribution in [0.15, 0.2) is 38.8 Å². The van der Waals surface area contributed by atoms with Gasteiger partial charge in [0, 0.05) is 31.5 Å². The molecule has 0 aliphatic rings. The number of rotatable bonds is 6. The van der Waals surface area contributed by atoms with E-state index in [0.29, 0.717) is 6.54 Å². The fourth-order valence-corrected chi connectivity index (χ4v) is 3.41. The number of imidazole rings is 1. The average molecular weight is 364 g/mol. The molecule has 2 rings (SSSR count). The number of furan rings is 1. The van der Waals surface area contributed by atoms with Gasteiger partial charge in [0.2, 0.25) is 15.8 Å². The molecule has 108 valence electrons. The molecule has 0 amide bonds. The van der Waals surface area contributed by atoms with Crippen molar-refractivity contribution < 1.29 is 22.7 Å². The summed E-state index contributed by atoms with van der Waals surface area (Å²) in [7, 11) is -3.84. The highest BCUT2D eigenvalue weighted by Crippen LogP contribution is 2.25. The minimum Gasteiger partial charge on any atom is -0.475 e. The Morgan fingerprint density at radius 2 is 2.30 bits per heavy atom. The van der Waals surface area contributed by atoms with Crippen LogP contribution in [0.1, 0.15) is 10.6 Å². The van der Waals surface area contributed by atoms with Gasteiger partial charge >= 0.3 is 5.97 Å². The molecule has 20 heavy (non-hydrogen) atoms. The molecule has 0 saturated heterocycles. The molecule has 2 aromatic rings. The SMILES string of the molecule is O=C(O)c1cc(S(=O)(=O)NCCn2ccnc2)c(Br)o1. The molecule has 2 N–H and O–H groups in total. The minimum absolute atomic E-state index is 0.138. The molecule has 0 aliphatic heterocycles. The van der Waals surface area contributed by atoms with Gasteiger partial charge in [-0.2, -0.15) is 0 Å². The largest absolute Gasteiger partial charge is 0.475 e. The monoisotopic (exact) mass is 363 g/mol. The molecule has 0 spiro atoms. The summed E-state index contributed by atoms with van der Waals surface area (Å²) in [6, 6.07) is 0.950. The molecule has 0 saturated carbocycles. The smallest absolute Gasteiger partial charge is 0.371 e. The van der Waals surface area contributed by atoms with Gasteiger partial charge in [0.25, 0.3) is 0 Å². The summed E-state index contributed by atoms with van der Waals surface area (Å²) in [5.74, 6) is -1.79. The zero-order valence-corrected chi connectivity index (χ0v) is 12.4. The van der Waals surface area contributed by atoms with Crippen LogP contribution in [0.3, 0.4) is 0 Å². The molecule has 8 nitrogen and oxygen atoms in total. The number of halogens is 1. The van der Waals surface area contributed by atoms with Crippen LogP contribution in [0.5, 0.6) is 0 Å². The van der Waals surface area contributed by atoms with E-state index < -0.39 is 21.8 Å². The van der Waals surface area contributed by atoms with Gasteiger partial charge in [-0.25, -0.2) is 22.9 Å². The first-order valence-corrected chi connectivity index (χ1v) is 7.66. The Labute approximate surface area is 122 Å². The van der Waals surface area contributed by atoms with Gasteiger partial charge in [-0.05, 0) is 15.9 Å². The maximum atomic E-state index is 12.0. The van der Waals surface area contributed by atoms with E-state index >= 15 is 0 Å². The molecular formula is C10H10BrN3O5S.